The highest BCUT2D eigenvalue weighted by atomic mass is 33.1. The third-order valence-electron chi connectivity index (χ3n) is 1.26. The van der Waals surface area contributed by atoms with E-state index in [1.54, 1.807) is 0 Å². The van der Waals surface area contributed by atoms with Gasteiger partial charge in [0.25, 0.3) is 10.1 Å². The predicted octanol–water partition coefficient (Wildman–Crippen LogP) is -0.718. The molecule has 0 bridgehead atoms. The number of cyclic esters (lactones) is 2. The van der Waals surface area contributed by atoms with Gasteiger partial charge < -0.3 is 15.8 Å². The lowest BCUT2D eigenvalue weighted by Crippen LogP contribution is -2.26. The van der Waals surface area contributed by atoms with Gasteiger partial charge in [-0.1, -0.05) is 29.0 Å². The van der Waals surface area contributed by atoms with Crippen molar-refractivity contribution in [1.29, 1.82) is 0 Å². The molecule has 0 aromatic heterocycles. The van der Waals surface area contributed by atoms with E-state index in [1.165, 1.54) is 35.7 Å². The van der Waals surface area contributed by atoms with Crippen LogP contribution in [0.3, 0.4) is 0 Å². The number of carbonyl (C=O) groups excluding carboxylic acids is 3. The number of rotatable bonds is 2. The molecule has 1 heterocycles. The number of carbonyl (C=O) groups is 3. The second-order valence-corrected chi connectivity index (χ2v) is 6.69. The van der Waals surface area contributed by atoms with Crippen LogP contribution in [0.4, 0.5) is 0 Å². The lowest BCUT2D eigenvalue weighted by molar-refractivity contribution is -0.155. The van der Waals surface area contributed by atoms with Gasteiger partial charge in [-0.3, -0.25) is 18.9 Å². The molecule has 1 aliphatic rings. The van der Waals surface area contributed by atoms with E-state index in [4.69, 9.17) is 4.55 Å². The van der Waals surface area contributed by atoms with Gasteiger partial charge in [0.15, 0.2) is 5.75 Å². The zero-order valence-electron chi connectivity index (χ0n) is 10.8. The molecule has 0 unspecified atom stereocenters. The van der Waals surface area contributed by atoms with Gasteiger partial charge >= 0.3 is 11.9 Å². The van der Waals surface area contributed by atoms with E-state index >= 15 is 0 Å². The van der Waals surface area contributed by atoms with Crippen LogP contribution >= 0.6 is 21.6 Å². The summed E-state index contributed by atoms with van der Waals surface area (Å²) >= 11 is 0. The van der Waals surface area contributed by atoms with Crippen molar-refractivity contribution in [2.75, 3.05) is 31.4 Å². The Bertz CT molecular complexity index is 409. The molecule has 0 aliphatic carbocycles. The van der Waals surface area contributed by atoms with Crippen molar-refractivity contribution >= 4 is 49.6 Å². The Morgan fingerprint density at radius 2 is 1.67 bits per heavy atom. The van der Waals surface area contributed by atoms with E-state index in [2.05, 4.69) is 10.5 Å². The third kappa shape index (κ3) is 19.2. The number of ether oxygens (including phenoxy) is 1. The molecular weight excluding hydrogens is 344 g/mol. The van der Waals surface area contributed by atoms with Crippen LogP contribution in [0.2, 0.25) is 0 Å². The highest BCUT2D eigenvalue weighted by molar-refractivity contribution is 8.77. The van der Waals surface area contributed by atoms with Crippen molar-refractivity contribution in [2.45, 2.75) is 7.43 Å². The largest absolute Gasteiger partial charge is 0.392 e. The van der Waals surface area contributed by atoms with Crippen LogP contribution in [0.15, 0.2) is 0 Å². The van der Waals surface area contributed by atoms with Crippen LogP contribution in [0, 0.1) is 0 Å². The fourth-order valence-electron chi connectivity index (χ4n) is 0.603. The van der Waals surface area contributed by atoms with Crippen LogP contribution < -0.4 is 11.1 Å². The molecule has 21 heavy (non-hydrogen) atoms. The molecule has 4 N–H and O–H groups in total. The summed E-state index contributed by atoms with van der Waals surface area (Å²) < 4.78 is 32.1. The summed E-state index contributed by atoms with van der Waals surface area (Å²) in [6, 6.07) is 0. The Labute approximate surface area is 131 Å². The van der Waals surface area contributed by atoms with E-state index < -0.39 is 33.7 Å². The van der Waals surface area contributed by atoms with Crippen LogP contribution in [-0.2, 0) is 29.2 Å². The standard InChI is InChI=1S/C4H4O3S2.C3H7NO4S.CH5N.CH4/c5-3-1-8-9-2-4(6)7-3;1-4-3(5)2-9(6,7)8;1-2;/h1-2H2;2H2,1H3,(H,4,5)(H,6,7,8);2H2,1H3;1H4. The molecule has 0 atom stereocenters. The topological polar surface area (TPSA) is 153 Å². The van der Waals surface area contributed by atoms with Crippen molar-refractivity contribution in [1.82, 2.24) is 5.32 Å². The van der Waals surface area contributed by atoms with E-state index in [-0.39, 0.29) is 18.9 Å². The molecule has 0 radical (unpaired) electrons. The highest BCUT2D eigenvalue weighted by Gasteiger charge is 2.15. The van der Waals surface area contributed by atoms with E-state index in [1.807, 2.05) is 5.32 Å². The van der Waals surface area contributed by atoms with Gasteiger partial charge in [-0.25, -0.2) is 0 Å². The van der Waals surface area contributed by atoms with Gasteiger partial charge in [0.05, 0.1) is 0 Å². The number of amides is 1. The zero-order valence-corrected chi connectivity index (χ0v) is 13.3. The maximum Gasteiger partial charge on any atom is 0.324 e. The quantitative estimate of drug-likeness (QED) is 0.248. The van der Waals surface area contributed by atoms with Gasteiger partial charge in [-0.15, -0.1) is 0 Å². The lowest BCUT2D eigenvalue weighted by atomic mass is 10.7. The normalized spacial score (nSPS) is 13.9. The maximum atomic E-state index is 10.4. The Balaban J connectivity index is -0.000000264. The first kappa shape index (κ1) is 25.2. The first-order valence-corrected chi connectivity index (χ1v) is 9.05. The Morgan fingerprint density at radius 1 is 1.29 bits per heavy atom. The average Bonchev–Trinajstić information content (AvgIpc) is 2.54. The first-order valence-electron chi connectivity index (χ1n) is 4.96. The summed E-state index contributed by atoms with van der Waals surface area (Å²) in [4.78, 5) is 31.0. The number of nitrogens with two attached hydrogens (primary N) is 1. The van der Waals surface area contributed by atoms with Gasteiger partial charge in [0, 0.05) is 7.05 Å². The SMILES string of the molecule is C.CN.CNC(=O)CS(=O)(=O)O.O=C1CSSCC(=O)O1. The van der Waals surface area contributed by atoms with Gasteiger partial charge in [-0.2, -0.15) is 8.42 Å². The number of hydrogen-bond acceptors (Lipinski definition) is 9. The minimum atomic E-state index is -4.15. The lowest BCUT2D eigenvalue weighted by Gasteiger charge is -1.93. The summed E-state index contributed by atoms with van der Waals surface area (Å²) in [6.45, 7) is 0. The van der Waals surface area contributed by atoms with E-state index in [0.29, 0.717) is 0 Å². The highest BCUT2D eigenvalue weighted by Crippen LogP contribution is 2.23. The van der Waals surface area contributed by atoms with Crippen molar-refractivity contribution < 1.29 is 32.1 Å². The van der Waals surface area contributed by atoms with E-state index in [9.17, 15) is 22.8 Å². The van der Waals surface area contributed by atoms with Crippen molar-refractivity contribution in [3.63, 3.8) is 0 Å². The molecular formula is C9H20N2O7S3. The fourth-order valence-corrected chi connectivity index (χ4v) is 2.63. The monoisotopic (exact) mass is 364 g/mol. The van der Waals surface area contributed by atoms with Gasteiger partial charge in [0.1, 0.15) is 11.5 Å². The maximum absolute atomic E-state index is 10.4. The molecule has 1 amide bonds. The fraction of sp³-hybridized carbons (Fsp3) is 0.667. The number of nitrogens with one attached hydrogen (secondary N) is 1. The average molecular weight is 364 g/mol. The Kier molecular flexibility index (Phi) is 16.9. The van der Waals surface area contributed by atoms with E-state index in [0.717, 1.165) is 0 Å². The molecule has 12 heteroatoms. The molecule has 1 saturated heterocycles. The van der Waals surface area contributed by atoms with Crippen molar-refractivity contribution in [3.05, 3.63) is 0 Å². The summed E-state index contributed by atoms with van der Waals surface area (Å²) in [5.41, 5.74) is 4.50. The second kappa shape index (κ2) is 14.1. The minimum absolute atomic E-state index is 0. The smallest absolute Gasteiger partial charge is 0.324 e. The van der Waals surface area contributed by atoms with Crippen LogP contribution in [0.1, 0.15) is 7.43 Å². The molecule has 0 spiro atoms. The molecule has 0 saturated carbocycles. The molecule has 1 fully saturated rings. The Hall–Kier alpha value is -0.820. The molecule has 1 aliphatic heterocycles. The second-order valence-electron chi connectivity index (χ2n) is 2.77. The molecule has 9 nitrogen and oxygen atoms in total. The number of hydrogen-bond donors (Lipinski definition) is 3. The predicted molar refractivity (Wildman–Crippen MR) is 83.3 cm³/mol. The van der Waals surface area contributed by atoms with Crippen LogP contribution in [0.25, 0.3) is 0 Å². The third-order valence-corrected chi connectivity index (χ3v) is 3.96. The summed E-state index contributed by atoms with van der Waals surface area (Å²) in [5.74, 6) is -1.92. The summed E-state index contributed by atoms with van der Waals surface area (Å²) in [5, 5.41) is 2.04. The van der Waals surface area contributed by atoms with Gasteiger partial charge in [0.2, 0.25) is 5.91 Å². The number of esters is 2. The van der Waals surface area contributed by atoms with Gasteiger partial charge in [-0.05, 0) is 7.05 Å². The molecule has 0 aromatic carbocycles. The molecule has 126 valence electrons. The Morgan fingerprint density at radius 3 is 1.90 bits per heavy atom. The van der Waals surface area contributed by atoms with Crippen molar-refractivity contribution in [3.8, 4) is 0 Å². The summed E-state index contributed by atoms with van der Waals surface area (Å²) in [6.07, 6.45) is 0. The van der Waals surface area contributed by atoms with Crippen molar-refractivity contribution in [2.24, 2.45) is 5.73 Å². The van der Waals surface area contributed by atoms with Crippen LogP contribution in [0.5, 0.6) is 0 Å². The zero-order chi connectivity index (χ0) is 16.2. The minimum Gasteiger partial charge on any atom is -0.392 e. The first-order chi connectivity index (χ1) is 9.24. The molecule has 0 aromatic rings. The van der Waals surface area contributed by atoms with Crippen LogP contribution in [-0.4, -0.2) is 62.2 Å². The summed E-state index contributed by atoms with van der Waals surface area (Å²) in [7, 11) is 1.34. The molecule has 1 rings (SSSR count).